The first kappa shape index (κ1) is 28.6. The first-order chi connectivity index (χ1) is 15.7. The van der Waals surface area contributed by atoms with Gasteiger partial charge in [-0.2, -0.15) is 0 Å². The van der Waals surface area contributed by atoms with Gasteiger partial charge in [0.15, 0.2) is 0 Å². The second kappa shape index (κ2) is 9.74. The Hall–Kier alpha value is -0.940. The molecule has 0 amide bonds. The summed E-state index contributed by atoms with van der Waals surface area (Å²) in [7, 11) is -4.58. The van der Waals surface area contributed by atoms with Crippen LogP contribution in [-0.4, -0.2) is 55.9 Å². The van der Waals surface area contributed by atoms with Crippen molar-refractivity contribution in [3.05, 3.63) is 11.6 Å². The Bertz CT molecular complexity index is 1040. The Balaban J connectivity index is 0.00000342. The molecule has 4 rings (SSSR count). The van der Waals surface area contributed by atoms with E-state index in [1.165, 1.54) is 13.8 Å². The number of hydrogen-bond acceptors (Lipinski definition) is 9. The van der Waals surface area contributed by atoms with Crippen molar-refractivity contribution in [2.75, 3.05) is 19.0 Å². The van der Waals surface area contributed by atoms with E-state index in [0.29, 0.717) is 37.7 Å². The topological polar surface area (TPSA) is 136 Å². The van der Waals surface area contributed by atoms with Gasteiger partial charge >= 0.3 is 47.5 Å². The molecule has 1 heterocycles. The van der Waals surface area contributed by atoms with Gasteiger partial charge in [-0.25, -0.2) is 13.2 Å². The van der Waals surface area contributed by atoms with Gasteiger partial charge in [0, 0.05) is 36.5 Å². The predicted molar refractivity (Wildman–Crippen MR) is 118 cm³/mol. The molecule has 0 aromatic heterocycles. The molecule has 0 bridgehead atoms. The molecule has 3 unspecified atom stereocenters. The van der Waals surface area contributed by atoms with E-state index in [9.17, 15) is 27.4 Å². The van der Waals surface area contributed by atoms with E-state index < -0.39 is 62.0 Å². The second-order valence-corrected chi connectivity index (χ2v) is 12.5. The van der Waals surface area contributed by atoms with Crippen molar-refractivity contribution in [3.63, 3.8) is 0 Å². The van der Waals surface area contributed by atoms with Crippen molar-refractivity contribution in [2.45, 2.75) is 65.9 Å². The van der Waals surface area contributed by atoms with E-state index in [1.54, 1.807) is 0 Å². The molecule has 9 nitrogen and oxygen atoms in total. The molecule has 35 heavy (non-hydrogen) atoms. The molecule has 1 saturated heterocycles. The minimum Gasteiger partial charge on any atom is -0.748 e. The van der Waals surface area contributed by atoms with Gasteiger partial charge in [0.2, 0.25) is 0 Å². The third-order valence-corrected chi connectivity index (χ3v) is 10.2. The molecule has 3 fully saturated rings. The average Bonchev–Trinajstić information content (AvgIpc) is 3.09. The molecular formula is C24H33NaO9S. The first-order valence-electron chi connectivity index (χ1n) is 11.8. The van der Waals surface area contributed by atoms with Crippen molar-refractivity contribution in [1.29, 1.82) is 0 Å². The van der Waals surface area contributed by atoms with Crippen LogP contribution in [0, 0.1) is 34.0 Å². The van der Waals surface area contributed by atoms with Crippen molar-refractivity contribution < 1.29 is 71.1 Å². The van der Waals surface area contributed by atoms with Gasteiger partial charge in [-0.15, -0.1) is 0 Å². The molecule has 0 aromatic carbocycles. The fourth-order valence-electron chi connectivity index (χ4n) is 8.03. The van der Waals surface area contributed by atoms with Crippen LogP contribution in [0.15, 0.2) is 11.6 Å². The molecule has 0 aromatic rings. The summed E-state index contributed by atoms with van der Waals surface area (Å²) in [6.45, 7) is 6.93. The van der Waals surface area contributed by atoms with E-state index in [0.717, 1.165) is 0 Å². The van der Waals surface area contributed by atoms with E-state index in [4.69, 9.17) is 14.2 Å². The van der Waals surface area contributed by atoms with Crippen LogP contribution in [0.1, 0.15) is 59.8 Å². The van der Waals surface area contributed by atoms with Gasteiger partial charge in [0.25, 0.3) is 0 Å². The molecule has 4 aliphatic rings. The number of hydrogen-bond donors (Lipinski definition) is 0. The normalized spacial score (nSPS) is 40.1. The predicted octanol–water partition coefficient (Wildman–Crippen LogP) is -0.647. The number of carbonyl (C=O) groups is 3. The van der Waals surface area contributed by atoms with Gasteiger partial charge in [0.1, 0.15) is 12.7 Å². The quantitative estimate of drug-likeness (QED) is 0.201. The van der Waals surface area contributed by atoms with Crippen molar-refractivity contribution in [1.82, 2.24) is 0 Å². The fourth-order valence-corrected chi connectivity index (χ4v) is 9.24. The van der Waals surface area contributed by atoms with Crippen LogP contribution in [0.4, 0.5) is 0 Å². The number of fused-ring (bicyclic) bond motifs is 5. The third-order valence-electron chi connectivity index (χ3n) is 9.26. The average molecular weight is 521 g/mol. The third kappa shape index (κ3) is 4.85. The molecule has 7 atom stereocenters. The van der Waals surface area contributed by atoms with Crippen LogP contribution >= 0.6 is 0 Å². The van der Waals surface area contributed by atoms with Crippen LogP contribution in [0.25, 0.3) is 0 Å². The smallest absolute Gasteiger partial charge is 0.748 e. The maximum atomic E-state index is 12.3. The monoisotopic (exact) mass is 520 g/mol. The van der Waals surface area contributed by atoms with Gasteiger partial charge < -0.3 is 18.8 Å². The van der Waals surface area contributed by atoms with Gasteiger partial charge in [-0.05, 0) is 54.8 Å². The van der Waals surface area contributed by atoms with Crippen LogP contribution in [0.3, 0.4) is 0 Å². The number of ether oxygens (including phenoxy) is 3. The SMILES string of the molecule is CC(=O)OC[C@@]1(C)C2CC[C@]3(CS(=O)(=O)[O-])C4COC(=O)C4=CCC3[C@]2(C)CC[C@H]1OC(C)=O.[Na+]. The maximum Gasteiger partial charge on any atom is 1.00 e. The van der Waals surface area contributed by atoms with Crippen LogP contribution < -0.4 is 29.6 Å². The summed E-state index contributed by atoms with van der Waals surface area (Å²) in [5.74, 6) is -2.50. The zero-order valence-electron chi connectivity index (χ0n) is 21.1. The molecular weight excluding hydrogens is 487 g/mol. The zero-order valence-corrected chi connectivity index (χ0v) is 23.9. The van der Waals surface area contributed by atoms with Crippen molar-refractivity contribution in [2.24, 2.45) is 34.0 Å². The summed E-state index contributed by atoms with van der Waals surface area (Å²) in [5, 5.41) is 0. The molecule has 1 aliphatic heterocycles. The number of carbonyl (C=O) groups excluding carboxylic acids is 3. The van der Waals surface area contributed by atoms with Crippen LogP contribution in [0.2, 0.25) is 0 Å². The van der Waals surface area contributed by atoms with Crippen LogP contribution in [0.5, 0.6) is 0 Å². The molecule has 0 spiro atoms. The Morgan fingerprint density at radius 1 is 1.14 bits per heavy atom. The van der Waals surface area contributed by atoms with Crippen molar-refractivity contribution >= 4 is 28.0 Å². The fraction of sp³-hybridized carbons (Fsp3) is 0.792. The maximum absolute atomic E-state index is 12.3. The van der Waals surface area contributed by atoms with Crippen molar-refractivity contribution in [3.8, 4) is 0 Å². The largest absolute Gasteiger partial charge is 1.00 e. The number of esters is 3. The summed E-state index contributed by atoms with van der Waals surface area (Å²) in [5.41, 5.74) is -1.53. The molecule has 190 valence electrons. The van der Waals surface area contributed by atoms with E-state index in [2.05, 4.69) is 6.92 Å². The summed E-state index contributed by atoms with van der Waals surface area (Å²) in [6, 6.07) is 0. The zero-order chi connectivity index (χ0) is 25.1. The van der Waals surface area contributed by atoms with E-state index in [-0.39, 0.29) is 54.6 Å². The second-order valence-electron chi connectivity index (χ2n) is 11.1. The first-order valence-corrected chi connectivity index (χ1v) is 13.4. The van der Waals surface area contributed by atoms with Crippen LogP contribution in [-0.2, 0) is 38.7 Å². The minimum atomic E-state index is -4.58. The summed E-state index contributed by atoms with van der Waals surface area (Å²) < 4.78 is 52.9. The Morgan fingerprint density at radius 3 is 2.43 bits per heavy atom. The van der Waals surface area contributed by atoms with E-state index >= 15 is 0 Å². The number of rotatable bonds is 5. The molecule has 0 N–H and O–H groups in total. The number of allylic oxidation sites excluding steroid dienone is 1. The Kier molecular flexibility index (Phi) is 7.97. The molecule has 0 radical (unpaired) electrons. The molecule has 3 aliphatic carbocycles. The summed E-state index contributed by atoms with van der Waals surface area (Å²) in [4.78, 5) is 35.9. The van der Waals surface area contributed by atoms with Gasteiger partial charge in [-0.3, -0.25) is 9.59 Å². The van der Waals surface area contributed by atoms with Gasteiger partial charge in [-0.1, -0.05) is 19.9 Å². The van der Waals surface area contributed by atoms with Gasteiger partial charge in [0.05, 0.1) is 16.7 Å². The summed E-state index contributed by atoms with van der Waals surface area (Å²) in [6.07, 6.45) is 4.01. The minimum absolute atomic E-state index is 0. The Morgan fingerprint density at radius 2 is 1.83 bits per heavy atom. The Labute approximate surface area is 228 Å². The molecule has 11 heteroatoms. The standard InChI is InChI=1S/C24H34O9S.Na/c1-14(25)32-12-23(4)18-7-10-24(13-34(28,29)30)17-11-31-21(27)16(17)5-6-19(24)22(18,3)9-8-20(23)33-15(2)26;/h5,17-20H,6-13H2,1-4H3,(H,28,29,30);/q;+1/p-1/t17?,18?,19?,20-,22-,23+,24+;/m1./s1. The molecule has 2 saturated carbocycles. The number of cyclic esters (lactones) is 1. The summed E-state index contributed by atoms with van der Waals surface area (Å²) >= 11 is 0. The van der Waals surface area contributed by atoms with E-state index in [1.807, 2.05) is 13.0 Å².